The quantitative estimate of drug-likeness (QED) is 0.669. The Morgan fingerprint density at radius 1 is 1.20 bits per heavy atom. The first-order valence-electron chi connectivity index (χ1n) is 4.90. The normalized spacial score (nSPS) is 21.5. The van der Waals surface area contributed by atoms with Gasteiger partial charge in [0.25, 0.3) is 0 Å². The maximum Gasteiger partial charge on any atom is 0.0709 e. The Kier molecular flexibility index (Phi) is 2.82. The summed E-state index contributed by atoms with van der Waals surface area (Å²) in [6.45, 7) is 2.22. The van der Waals surface area contributed by atoms with Crippen molar-refractivity contribution in [2.75, 3.05) is 11.9 Å². The molecule has 75 valence electrons. The predicted molar refractivity (Wildman–Crippen MR) is 57.6 cm³/mol. The summed E-state index contributed by atoms with van der Waals surface area (Å²) in [7, 11) is 2.12. The van der Waals surface area contributed by atoms with Crippen LogP contribution < -0.4 is 4.90 Å². The summed E-state index contributed by atoms with van der Waals surface area (Å²) >= 11 is 0. The van der Waals surface area contributed by atoms with E-state index in [1.54, 1.807) is 0 Å². The van der Waals surface area contributed by atoms with Gasteiger partial charge < -0.3 is 9.80 Å². The number of likely N-dealkylation sites (N-methyl/N-ethyl adjacent to an activating group) is 1. The van der Waals surface area contributed by atoms with Crippen LogP contribution in [0, 0.1) is 5.92 Å². The van der Waals surface area contributed by atoms with Crippen LogP contribution in [0.5, 0.6) is 0 Å². The van der Waals surface area contributed by atoms with Crippen molar-refractivity contribution in [1.29, 1.82) is 0 Å². The Labute approximate surface area is 116 Å². The van der Waals surface area contributed by atoms with Crippen LogP contribution in [-0.2, 0) is 32.7 Å². The van der Waals surface area contributed by atoms with Crippen LogP contribution in [0.1, 0.15) is 12.5 Å². The van der Waals surface area contributed by atoms with Crippen LogP contribution in [0.2, 0.25) is 0 Å². The van der Waals surface area contributed by atoms with Crippen molar-refractivity contribution in [2.24, 2.45) is 0 Å². The Hall–Kier alpha value is -0.466. The maximum absolute atomic E-state index is 2.32. The molecule has 3 heteroatoms. The van der Waals surface area contributed by atoms with Gasteiger partial charge in [0.15, 0.2) is 0 Å². The molecule has 15 heavy (non-hydrogen) atoms. The molecule has 0 fully saturated rings. The van der Waals surface area contributed by atoms with E-state index < -0.39 is 0 Å². The van der Waals surface area contributed by atoms with Gasteiger partial charge in [0.1, 0.15) is 0 Å². The fourth-order valence-corrected chi connectivity index (χ4v) is 2.43. The van der Waals surface area contributed by atoms with Gasteiger partial charge >= 0.3 is 0 Å². The minimum atomic E-state index is 0. The van der Waals surface area contributed by atoms with Crippen LogP contribution in [0.25, 0.3) is 0 Å². The minimum absolute atomic E-state index is 0. The van der Waals surface area contributed by atoms with Crippen LogP contribution in [0.3, 0.4) is 0 Å². The topological polar surface area (TPSA) is 6.48 Å². The van der Waals surface area contributed by atoms with Crippen LogP contribution >= 0.6 is 0 Å². The second kappa shape index (κ2) is 3.84. The molecule has 2 aliphatic heterocycles. The summed E-state index contributed by atoms with van der Waals surface area (Å²) in [5.41, 5.74) is 2.71. The first kappa shape index (κ1) is 11.0. The van der Waals surface area contributed by atoms with Crippen molar-refractivity contribution in [1.82, 2.24) is 4.90 Å². The first-order chi connectivity index (χ1) is 6.79. The minimum Gasteiger partial charge on any atom is -0.386 e. The van der Waals surface area contributed by atoms with Crippen molar-refractivity contribution in [3.05, 3.63) is 48.1 Å². The largest absolute Gasteiger partial charge is 0.386 e. The van der Waals surface area contributed by atoms with Crippen molar-refractivity contribution < 1.29 is 32.7 Å². The molecule has 1 aromatic rings. The fourth-order valence-electron chi connectivity index (χ4n) is 2.43. The Morgan fingerprint density at radius 3 is 2.73 bits per heavy atom. The molecule has 0 aliphatic carbocycles. The predicted octanol–water partition coefficient (Wildman–Crippen LogP) is 2.19. The van der Waals surface area contributed by atoms with E-state index in [-0.39, 0.29) is 32.7 Å². The molecule has 0 amide bonds. The molecule has 0 bridgehead atoms. The Bertz CT molecular complexity index is 402. The molecule has 0 saturated carbocycles. The second-order valence-corrected chi connectivity index (χ2v) is 3.94. The summed E-state index contributed by atoms with van der Waals surface area (Å²) in [5, 5.41) is 0. The molecule has 2 nitrogen and oxygen atoms in total. The van der Waals surface area contributed by atoms with Gasteiger partial charge in [-0.15, -0.1) is 12.0 Å². The summed E-state index contributed by atoms with van der Waals surface area (Å²) in [4.78, 5) is 4.57. The summed E-state index contributed by atoms with van der Waals surface area (Å²) < 4.78 is 0. The molecule has 1 atom stereocenters. The molecule has 2 heterocycles. The van der Waals surface area contributed by atoms with Gasteiger partial charge in [0.2, 0.25) is 0 Å². The third-order valence-electron chi connectivity index (χ3n) is 3.11. The third-order valence-corrected chi connectivity index (χ3v) is 3.11. The average Bonchev–Trinajstić information content (AvgIpc) is 2.70. The van der Waals surface area contributed by atoms with Gasteiger partial charge in [-0.2, -0.15) is 11.6 Å². The van der Waals surface area contributed by atoms with Gasteiger partial charge in [-0.25, -0.2) is 0 Å². The van der Waals surface area contributed by atoms with Crippen molar-refractivity contribution in [3.63, 3.8) is 0 Å². The zero-order valence-electron chi connectivity index (χ0n) is 9.01. The molecule has 0 saturated heterocycles. The van der Waals surface area contributed by atoms with Gasteiger partial charge in [-0.3, -0.25) is 0 Å². The van der Waals surface area contributed by atoms with Crippen molar-refractivity contribution in [2.45, 2.75) is 13.1 Å². The molecule has 1 radical (unpaired) electrons. The summed E-state index contributed by atoms with van der Waals surface area (Å²) in [6, 6.07) is 8.59. The number of fused-ring (bicyclic) bond motifs is 3. The Morgan fingerprint density at radius 2 is 1.93 bits per heavy atom. The van der Waals surface area contributed by atoms with Crippen molar-refractivity contribution >= 4 is 5.69 Å². The molecule has 1 unspecified atom stereocenters. The molecule has 1 aromatic carbocycles. The van der Waals surface area contributed by atoms with E-state index in [1.807, 2.05) is 0 Å². The molecule has 0 N–H and O–H groups in total. The number of anilines is 1. The third kappa shape index (κ3) is 1.43. The molecule has 0 aromatic heterocycles. The van der Waals surface area contributed by atoms with Gasteiger partial charge in [-0.1, -0.05) is 24.7 Å². The van der Waals surface area contributed by atoms with E-state index in [2.05, 4.69) is 60.4 Å². The maximum atomic E-state index is 2.32. The standard InChI is InChI=1S/C12H13N2.Y/c1-9-10-5-3-4-6-11(10)14-8-7-13(2)12(9)14;/h3-8,12H,1-2H3;/q-1;. The number of rotatable bonds is 0. The van der Waals surface area contributed by atoms with E-state index >= 15 is 0 Å². The zero-order valence-corrected chi connectivity index (χ0v) is 11.9. The molecular formula is C12H13N2Y-. The van der Waals surface area contributed by atoms with Gasteiger partial charge in [-0.05, 0) is 0 Å². The summed E-state index contributed by atoms with van der Waals surface area (Å²) in [6.07, 6.45) is 4.69. The summed E-state index contributed by atoms with van der Waals surface area (Å²) in [5.74, 6) is 1.44. The number of benzene rings is 1. The number of nitrogens with zero attached hydrogens (tertiary/aromatic N) is 2. The molecule has 3 rings (SSSR count). The zero-order chi connectivity index (χ0) is 9.71. The van der Waals surface area contributed by atoms with E-state index in [9.17, 15) is 0 Å². The van der Waals surface area contributed by atoms with E-state index in [1.165, 1.54) is 17.2 Å². The number of hydrogen-bond donors (Lipinski definition) is 0. The number of para-hydroxylation sites is 1. The van der Waals surface area contributed by atoms with Gasteiger partial charge in [0.05, 0.1) is 6.17 Å². The monoisotopic (exact) mass is 274 g/mol. The van der Waals surface area contributed by atoms with E-state index in [0.29, 0.717) is 6.17 Å². The molecule has 0 spiro atoms. The van der Waals surface area contributed by atoms with Crippen molar-refractivity contribution in [3.8, 4) is 0 Å². The second-order valence-electron chi connectivity index (χ2n) is 3.94. The molecular weight excluding hydrogens is 261 g/mol. The fraction of sp³-hybridized carbons (Fsp3) is 0.250. The first-order valence-corrected chi connectivity index (χ1v) is 4.90. The van der Waals surface area contributed by atoms with Crippen LogP contribution in [-0.4, -0.2) is 18.1 Å². The van der Waals surface area contributed by atoms with Gasteiger partial charge in [0, 0.05) is 52.2 Å². The van der Waals surface area contributed by atoms with Crippen LogP contribution in [0.4, 0.5) is 5.69 Å². The SMILES string of the molecule is C[C-]1c2ccccc2N2C=CN(C)C12.[Y]. The molecule has 2 aliphatic rings. The Balaban J connectivity index is 0.000000853. The average molecular weight is 274 g/mol. The van der Waals surface area contributed by atoms with E-state index in [4.69, 9.17) is 0 Å². The number of hydrogen-bond acceptors (Lipinski definition) is 2. The van der Waals surface area contributed by atoms with Crippen LogP contribution in [0.15, 0.2) is 36.7 Å². The van der Waals surface area contributed by atoms with E-state index in [0.717, 1.165) is 0 Å². The smallest absolute Gasteiger partial charge is 0.0709 e.